The van der Waals surface area contributed by atoms with Crippen LogP contribution in [0.5, 0.6) is 5.75 Å². The zero-order valence-corrected chi connectivity index (χ0v) is 15.7. The van der Waals surface area contributed by atoms with Crippen LogP contribution in [0.25, 0.3) is 11.0 Å². The van der Waals surface area contributed by atoms with Crippen molar-refractivity contribution in [1.29, 1.82) is 5.26 Å². The van der Waals surface area contributed by atoms with Crippen LogP contribution >= 0.6 is 0 Å². The van der Waals surface area contributed by atoms with Gasteiger partial charge >= 0.3 is 5.63 Å². The molecule has 2 aromatic carbocycles. The van der Waals surface area contributed by atoms with Crippen LogP contribution in [-0.2, 0) is 6.54 Å². The molecule has 138 valence electrons. The molecule has 0 aliphatic rings. The highest BCUT2D eigenvalue weighted by molar-refractivity contribution is 5.81. The van der Waals surface area contributed by atoms with Crippen molar-refractivity contribution in [2.45, 2.75) is 26.4 Å². The van der Waals surface area contributed by atoms with Crippen LogP contribution in [0.3, 0.4) is 0 Å². The van der Waals surface area contributed by atoms with Crippen molar-refractivity contribution in [3.05, 3.63) is 75.6 Å². The largest absolute Gasteiger partial charge is 0.497 e. The molecular weight excluding hydrogens is 340 g/mol. The van der Waals surface area contributed by atoms with E-state index >= 15 is 0 Å². The molecule has 3 rings (SSSR count). The van der Waals surface area contributed by atoms with E-state index in [1.165, 1.54) is 0 Å². The lowest BCUT2D eigenvalue weighted by atomic mass is 10.0. The van der Waals surface area contributed by atoms with Crippen LogP contribution in [-0.4, -0.2) is 18.6 Å². The Labute approximate surface area is 158 Å². The Morgan fingerprint density at radius 1 is 1.19 bits per heavy atom. The van der Waals surface area contributed by atoms with Crippen LogP contribution in [0.2, 0.25) is 0 Å². The van der Waals surface area contributed by atoms with Crippen molar-refractivity contribution in [2.75, 3.05) is 13.7 Å². The Hall–Kier alpha value is -3.10. The Balaban J connectivity index is 1.93. The first kappa shape index (κ1) is 18.7. The number of fused-ring (bicyclic) bond motifs is 1. The summed E-state index contributed by atoms with van der Waals surface area (Å²) in [5, 5.41) is 9.88. The predicted octanol–water partition coefficient (Wildman–Crippen LogP) is 4.26. The Kier molecular flexibility index (Phi) is 5.58. The maximum atomic E-state index is 12.0. The minimum Gasteiger partial charge on any atom is -0.497 e. The van der Waals surface area contributed by atoms with Gasteiger partial charge in [0.1, 0.15) is 11.3 Å². The normalized spacial score (nSPS) is 12.1. The number of rotatable bonds is 6. The standard InChI is InChI=1S/C22H22N2O3/c1-4-24(15(2)17-7-5-16(13-23)6-8-17)14-18-11-22(25)27-21-12-19(26-3)9-10-20(18)21/h5-12,15H,4,14H2,1-3H3. The first-order chi connectivity index (χ1) is 13.0. The van der Waals surface area contributed by atoms with E-state index in [1.807, 2.05) is 36.4 Å². The van der Waals surface area contributed by atoms with Gasteiger partial charge in [-0.15, -0.1) is 0 Å². The van der Waals surface area contributed by atoms with E-state index in [1.54, 1.807) is 19.2 Å². The summed E-state index contributed by atoms with van der Waals surface area (Å²) in [6.07, 6.45) is 0. The van der Waals surface area contributed by atoms with Crippen LogP contribution in [0.1, 0.15) is 36.6 Å². The molecule has 1 unspecified atom stereocenters. The molecule has 5 nitrogen and oxygen atoms in total. The maximum absolute atomic E-state index is 12.0. The van der Waals surface area contributed by atoms with Crippen LogP contribution in [0.15, 0.2) is 57.7 Å². The highest BCUT2D eigenvalue weighted by Gasteiger charge is 2.17. The van der Waals surface area contributed by atoms with Gasteiger partial charge in [-0.05, 0) is 48.9 Å². The molecule has 1 atom stereocenters. The number of ether oxygens (including phenoxy) is 1. The summed E-state index contributed by atoms with van der Waals surface area (Å²) in [5.74, 6) is 0.654. The van der Waals surface area contributed by atoms with Crippen molar-refractivity contribution in [1.82, 2.24) is 4.90 Å². The smallest absolute Gasteiger partial charge is 0.336 e. The molecule has 0 amide bonds. The number of hydrogen-bond acceptors (Lipinski definition) is 5. The molecule has 0 fully saturated rings. The number of nitriles is 1. The zero-order chi connectivity index (χ0) is 19.4. The van der Waals surface area contributed by atoms with E-state index in [0.717, 1.165) is 23.1 Å². The molecule has 0 bridgehead atoms. The van der Waals surface area contributed by atoms with E-state index < -0.39 is 0 Å². The molecule has 0 aliphatic heterocycles. The fourth-order valence-electron chi connectivity index (χ4n) is 3.26. The van der Waals surface area contributed by atoms with E-state index in [9.17, 15) is 4.79 Å². The third-order valence-electron chi connectivity index (χ3n) is 4.89. The Bertz CT molecular complexity index is 1030. The summed E-state index contributed by atoms with van der Waals surface area (Å²) in [5.41, 5.74) is 2.86. The van der Waals surface area contributed by atoms with E-state index in [4.69, 9.17) is 14.4 Å². The van der Waals surface area contributed by atoms with Gasteiger partial charge in [-0.25, -0.2) is 4.79 Å². The summed E-state index contributed by atoms with van der Waals surface area (Å²) < 4.78 is 10.6. The molecule has 0 saturated heterocycles. The average molecular weight is 362 g/mol. The fourth-order valence-corrected chi connectivity index (χ4v) is 3.26. The second-order valence-corrected chi connectivity index (χ2v) is 6.43. The average Bonchev–Trinajstić information content (AvgIpc) is 2.70. The second kappa shape index (κ2) is 8.07. The zero-order valence-electron chi connectivity index (χ0n) is 15.7. The molecule has 0 aliphatic carbocycles. The van der Waals surface area contributed by atoms with Gasteiger partial charge in [-0.2, -0.15) is 5.26 Å². The van der Waals surface area contributed by atoms with Gasteiger partial charge in [0, 0.05) is 30.1 Å². The van der Waals surface area contributed by atoms with Crippen molar-refractivity contribution in [3.63, 3.8) is 0 Å². The molecule has 5 heteroatoms. The van der Waals surface area contributed by atoms with E-state index in [0.29, 0.717) is 23.4 Å². The van der Waals surface area contributed by atoms with Crippen molar-refractivity contribution in [2.24, 2.45) is 0 Å². The lowest BCUT2D eigenvalue weighted by Crippen LogP contribution is -2.27. The topological polar surface area (TPSA) is 66.5 Å². The molecule has 1 aromatic heterocycles. The quantitative estimate of drug-likeness (QED) is 0.613. The lowest BCUT2D eigenvalue weighted by molar-refractivity contribution is 0.213. The van der Waals surface area contributed by atoms with Gasteiger partial charge in [-0.3, -0.25) is 4.90 Å². The maximum Gasteiger partial charge on any atom is 0.336 e. The third-order valence-corrected chi connectivity index (χ3v) is 4.89. The van der Waals surface area contributed by atoms with Gasteiger partial charge in [0.15, 0.2) is 0 Å². The molecule has 1 heterocycles. The minimum atomic E-state index is -0.368. The predicted molar refractivity (Wildman–Crippen MR) is 105 cm³/mol. The van der Waals surface area contributed by atoms with E-state index in [-0.39, 0.29) is 11.7 Å². The van der Waals surface area contributed by atoms with Crippen LogP contribution in [0, 0.1) is 11.3 Å². The minimum absolute atomic E-state index is 0.142. The monoisotopic (exact) mass is 362 g/mol. The SMILES string of the molecule is CCN(Cc1cc(=O)oc2cc(OC)ccc12)C(C)c1ccc(C#N)cc1. The van der Waals surface area contributed by atoms with Gasteiger partial charge in [0.2, 0.25) is 0 Å². The lowest BCUT2D eigenvalue weighted by Gasteiger charge is -2.28. The van der Waals surface area contributed by atoms with Gasteiger partial charge in [0.25, 0.3) is 0 Å². The van der Waals surface area contributed by atoms with E-state index in [2.05, 4.69) is 24.8 Å². The summed E-state index contributed by atoms with van der Waals surface area (Å²) in [7, 11) is 1.58. The molecule has 0 saturated carbocycles. The molecule has 3 aromatic rings. The van der Waals surface area contributed by atoms with Gasteiger partial charge in [0.05, 0.1) is 18.7 Å². The third kappa shape index (κ3) is 4.02. The molecule has 0 N–H and O–H groups in total. The fraction of sp³-hybridized carbons (Fsp3) is 0.273. The number of methoxy groups -OCH3 is 1. The first-order valence-corrected chi connectivity index (χ1v) is 8.90. The molecule has 0 spiro atoms. The highest BCUT2D eigenvalue weighted by atomic mass is 16.5. The van der Waals surface area contributed by atoms with Gasteiger partial charge < -0.3 is 9.15 Å². The van der Waals surface area contributed by atoms with Crippen molar-refractivity contribution < 1.29 is 9.15 Å². The number of benzene rings is 2. The van der Waals surface area contributed by atoms with Crippen molar-refractivity contribution in [3.8, 4) is 11.8 Å². The Morgan fingerprint density at radius 2 is 1.93 bits per heavy atom. The van der Waals surface area contributed by atoms with Crippen LogP contribution < -0.4 is 10.4 Å². The summed E-state index contributed by atoms with van der Waals surface area (Å²) >= 11 is 0. The van der Waals surface area contributed by atoms with Gasteiger partial charge in [-0.1, -0.05) is 19.1 Å². The second-order valence-electron chi connectivity index (χ2n) is 6.43. The summed E-state index contributed by atoms with van der Waals surface area (Å²) in [6, 6.07) is 17.0. The number of hydrogen-bond donors (Lipinski definition) is 0. The Morgan fingerprint density at radius 3 is 2.56 bits per heavy atom. The molecular formula is C22H22N2O3. The first-order valence-electron chi connectivity index (χ1n) is 8.90. The summed E-state index contributed by atoms with van der Waals surface area (Å²) in [4.78, 5) is 14.3. The number of nitrogens with zero attached hydrogens (tertiary/aromatic N) is 2. The summed E-state index contributed by atoms with van der Waals surface area (Å²) in [6.45, 7) is 5.66. The molecule has 27 heavy (non-hydrogen) atoms. The van der Waals surface area contributed by atoms with Crippen LogP contribution in [0.4, 0.5) is 0 Å². The van der Waals surface area contributed by atoms with Crippen molar-refractivity contribution >= 4 is 11.0 Å². The molecule has 0 radical (unpaired) electrons. The highest BCUT2D eigenvalue weighted by Crippen LogP contribution is 2.27.